The molecule has 102 valence electrons. The van der Waals surface area contributed by atoms with Crippen LogP contribution in [0, 0.1) is 0 Å². The van der Waals surface area contributed by atoms with Gasteiger partial charge in [-0.1, -0.05) is 0 Å². The van der Waals surface area contributed by atoms with Crippen molar-refractivity contribution in [1.29, 1.82) is 0 Å². The van der Waals surface area contributed by atoms with Gasteiger partial charge in [0.2, 0.25) is 0 Å². The van der Waals surface area contributed by atoms with Gasteiger partial charge in [-0.25, -0.2) is 9.55 Å². The van der Waals surface area contributed by atoms with Gasteiger partial charge >= 0.3 is 11.8 Å². The Morgan fingerprint density at radius 2 is 2.15 bits per heavy atom. The van der Waals surface area contributed by atoms with Gasteiger partial charge in [-0.3, -0.25) is 4.79 Å². The van der Waals surface area contributed by atoms with Gasteiger partial charge < -0.3 is 28.9 Å². The largest absolute Gasteiger partial charge is 1.00 e. The van der Waals surface area contributed by atoms with Crippen molar-refractivity contribution in [3.63, 3.8) is 0 Å². The first kappa shape index (κ1) is 13.7. The van der Waals surface area contributed by atoms with Gasteiger partial charge in [0.15, 0.2) is 11.2 Å². The zero-order chi connectivity index (χ0) is 13.4. The van der Waals surface area contributed by atoms with Crippen LogP contribution in [0.1, 0.15) is 10.4 Å². The summed E-state index contributed by atoms with van der Waals surface area (Å²) in [4.78, 5) is 26.3. The lowest BCUT2D eigenvalue weighted by Gasteiger charge is -1.99. The highest BCUT2D eigenvalue weighted by Gasteiger charge is 2.19. The molecular formula is C11H10ClN7O. The molecule has 9 heteroatoms. The molecule has 0 spiro atoms. The maximum absolute atomic E-state index is 11.2. The summed E-state index contributed by atoms with van der Waals surface area (Å²) in [5.74, 6) is 0.0897. The molecule has 8 nitrogen and oxygen atoms in total. The molecule has 3 heterocycles. The van der Waals surface area contributed by atoms with Gasteiger partial charge in [-0.2, -0.15) is 4.98 Å². The fraction of sp³-hybridized carbons (Fsp3) is 0. The number of rotatable bonds is 2. The van der Waals surface area contributed by atoms with Crippen molar-refractivity contribution in [1.82, 2.24) is 19.9 Å². The van der Waals surface area contributed by atoms with E-state index in [1.165, 1.54) is 6.33 Å². The summed E-state index contributed by atoms with van der Waals surface area (Å²) in [7, 11) is 0. The van der Waals surface area contributed by atoms with Crippen LogP contribution in [0.2, 0.25) is 0 Å². The molecule has 0 radical (unpaired) electrons. The number of carbonyl (C=O) groups is 1. The molecular weight excluding hydrogens is 282 g/mol. The number of amides is 1. The number of fused-ring (bicyclic) bond motifs is 1. The SMILES string of the molecule is NC(=O)c1ccc[n+](-c2nc(N)nc3nc[nH]c23)c1.[Cl-]. The molecule has 0 aromatic carbocycles. The summed E-state index contributed by atoms with van der Waals surface area (Å²) < 4.78 is 1.64. The van der Waals surface area contributed by atoms with E-state index in [-0.39, 0.29) is 18.4 Å². The third-order valence-electron chi connectivity index (χ3n) is 2.61. The quantitative estimate of drug-likeness (QED) is 0.419. The highest BCUT2D eigenvalue weighted by atomic mass is 35.5. The van der Waals surface area contributed by atoms with Gasteiger partial charge in [0.25, 0.3) is 5.91 Å². The second-order valence-corrected chi connectivity index (χ2v) is 3.87. The van der Waals surface area contributed by atoms with E-state index in [1.54, 1.807) is 29.1 Å². The van der Waals surface area contributed by atoms with E-state index < -0.39 is 5.91 Å². The van der Waals surface area contributed by atoms with Crippen LogP contribution in [0.5, 0.6) is 0 Å². The Kier molecular flexibility index (Phi) is 3.49. The molecule has 0 aliphatic carbocycles. The average molecular weight is 292 g/mol. The van der Waals surface area contributed by atoms with E-state index in [2.05, 4.69) is 19.9 Å². The van der Waals surface area contributed by atoms with E-state index in [9.17, 15) is 4.79 Å². The Balaban J connectivity index is 0.00000147. The molecule has 0 aliphatic heterocycles. The number of aromatic amines is 1. The number of hydrogen-bond donors (Lipinski definition) is 3. The lowest BCUT2D eigenvalue weighted by atomic mass is 10.3. The predicted molar refractivity (Wildman–Crippen MR) is 66.1 cm³/mol. The first-order chi connectivity index (χ1) is 9.15. The van der Waals surface area contributed by atoms with E-state index in [4.69, 9.17) is 11.5 Å². The van der Waals surface area contributed by atoms with Gasteiger partial charge in [0.1, 0.15) is 6.20 Å². The lowest BCUT2D eigenvalue weighted by molar-refractivity contribution is -0.598. The number of aromatic nitrogens is 5. The van der Waals surface area contributed by atoms with Crippen LogP contribution in [-0.4, -0.2) is 25.8 Å². The molecule has 0 fully saturated rings. The summed E-state index contributed by atoms with van der Waals surface area (Å²) in [5, 5.41) is 0. The van der Waals surface area contributed by atoms with Crippen molar-refractivity contribution in [2.75, 3.05) is 5.73 Å². The highest BCUT2D eigenvalue weighted by molar-refractivity contribution is 5.92. The Morgan fingerprint density at radius 1 is 1.35 bits per heavy atom. The van der Waals surface area contributed by atoms with Crippen molar-refractivity contribution in [2.45, 2.75) is 0 Å². The van der Waals surface area contributed by atoms with Crippen molar-refractivity contribution in [2.24, 2.45) is 5.73 Å². The molecule has 5 N–H and O–H groups in total. The van der Waals surface area contributed by atoms with E-state index >= 15 is 0 Å². The number of H-pyrrole nitrogens is 1. The van der Waals surface area contributed by atoms with Crippen LogP contribution in [-0.2, 0) is 0 Å². The second kappa shape index (κ2) is 5.10. The minimum atomic E-state index is -0.516. The summed E-state index contributed by atoms with van der Waals surface area (Å²) in [6.07, 6.45) is 4.81. The Bertz CT molecular complexity index is 785. The lowest BCUT2D eigenvalue weighted by Crippen LogP contribution is -3.00. The van der Waals surface area contributed by atoms with Crippen LogP contribution in [0.25, 0.3) is 17.0 Å². The van der Waals surface area contributed by atoms with Crippen molar-refractivity contribution >= 4 is 23.0 Å². The molecule has 1 amide bonds. The van der Waals surface area contributed by atoms with Crippen molar-refractivity contribution < 1.29 is 21.8 Å². The normalized spacial score (nSPS) is 10.2. The molecule has 0 saturated heterocycles. The maximum atomic E-state index is 11.2. The molecule has 3 aromatic rings. The molecule has 0 saturated carbocycles. The second-order valence-electron chi connectivity index (χ2n) is 3.87. The number of nitrogen functional groups attached to an aromatic ring is 1. The number of pyridine rings is 1. The zero-order valence-corrected chi connectivity index (χ0v) is 10.9. The van der Waals surface area contributed by atoms with Crippen molar-refractivity contribution in [3.05, 3.63) is 36.4 Å². The standard InChI is InChI=1S/C11H9N7O.ClH/c12-8(19)6-2-1-3-18(4-6)10-7-9(15-5-14-7)16-11(13)17-10;/h1-5H,(H4-,12,13,14,15,16,17,19);1H. The maximum Gasteiger partial charge on any atom is 0.359 e. The third-order valence-corrected chi connectivity index (χ3v) is 2.61. The first-order valence-electron chi connectivity index (χ1n) is 5.43. The Morgan fingerprint density at radius 3 is 2.90 bits per heavy atom. The number of nitrogens with zero attached hydrogens (tertiary/aromatic N) is 4. The van der Waals surface area contributed by atoms with Gasteiger partial charge in [-0.15, -0.1) is 0 Å². The number of imidazole rings is 1. The molecule has 3 rings (SSSR count). The number of nitrogens with one attached hydrogen (secondary N) is 1. The summed E-state index contributed by atoms with van der Waals surface area (Å²) in [6, 6.07) is 3.31. The first-order valence-corrected chi connectivity index (χ1v) is 5.43. The van der Waals surface area contributed by atoms with Crippen LogP contribution < -0.4 is 28.4 Å². The molecule has 20 heavy (non-hydrogen) atoms. The topological polar surface area (TPSA) is 127 Å². The Hall–Kier alpha value is -2.74. The van der Waals surface area contributed by atoms with Crippen molar-refractivity contribution in [3.8, 4) is 5.82 Å². The third kappa shape index (κ3) is 2.24. The minimum absolute atomic E-state index is 0. The molecule has 0 bridgehead atoms. The average Bonchev–Trinajstić information content (AvgIpc) is 2.85. The number of primary amides is 1. The fourth-order valence-electron chi connectivity index (χ4n) is 1.77. The van der Waals surface area contributed by atoms with E-state index in [1.807, 2.05) is 0 Å². The summed E-state index contributed by atoms with van der Waals surface area (Å²) in [5.41, 5.74) is 12.3. The number of carbonyl (C=O) groups excluding carboxylic acids is 1. The smallest absolute Gasteiger partial charge is 0.359 e. The molecule has 0 atom stereocenters. The molecule has 0 unspecified atom stereocenters. The van der Waals surface area contributed by atoms with E-state index in [0.717, 1.165) is 0 Å². The fourth-order valence-corrected chi connectivity index (χ4v) is 1.77. The van der Waals surface area contributed by atoms with Crippen LogP contribution in [0.15, 0.2) is 30.9 Å². The minimum Gasteiger partial charge on any atom is -1.00 e. The van der Waals surface area contributed by atoms with Crippen LogP contribution in [0.4, 0.5) is 5.95 Å². The number of nitrogens with two attached hydrogens (primary N) is 2. The summed E-state index contributed by atoms with van der Waals surface area (Å²) >= 11 is 0. The summed E-state index contributed by atoms with van der Waals surface area (Å²) in [6.45, 7) is 0. The predicted octanol–water partition coefficient (Wildman–Crippen LogP) is -3.69. The van der Waals surface area contributed by atoms with Crippen LogP contribution >= 0.6 is 0 Å². The van der Waals surface area contributed by atoms with Gasteiger partial charge in [-0.05, 0) is 12.1 Å². The number of halogens is 1. The highest BCUT2D eigenvalue weighted by Crippen LogP contribution is 2.12. The molecule has 3 aromatic heterocycles. The number of anilines is 1. The van der Waals surface area contributed by atoms with Gasteiger partial charge in [0, 0.05) is 4.98 Å². The molecule has 0 aliphatic rings. The van der Waals surface area contributed by atoms with Crippen LogP contribution in [0.3, 0.4) is 0 Å². The Labute approximate surface area is 119 Å². The zero-order valence-electron chi connectivity index (χ0n) is 10.1. The van der Waals surface area contributed by atoms with Gasteiger partial charge in [0.05, 0.1) is 18.1 Å². The monoisotopic (exact) mass is 291 g/mol. The number of hydrogen-bond acceptors (Lipinski definition) is 5. The van der Waals surface area contributed by atoms with E-state index in [0.29, 0.717) is 22.5 Å².